The van der Waals surface area contributed by atoms with E-state index < -0.39 is 0 Å². The van der Waals surface area contributed by atoms with E-state index in [9.17, 15) is 0 Å². The SMILES string of the molecule is COc1cc(-c2n[nH]c(C3CCCCC3)n2)ccc1-n1cnc(C)c1. The molecule has 1 aliphatic carbocycles. The lowest BCUT2D eigenvalue weighted by atomic mass is 9.89. The van der Waals surface area contributed by atoms with Gasteiger partial charge < -0.3 is 9.30 Å². The van der Waals surface area contributed by atoms with E-state index in [2.05, 4.69) is 15.2 Å². The molecule has 1 N–H and O–H groups in total. The maximum Gasteiger partial charge on any atom is 0.181 e. The lowest BCUT2D eigenvalue weighted by molar-refractivity contribution is 0.413. The first-order chi connectivity index (χ1) is 12.2. The van der Waals surface area contributed by atoms with Crippen molar-refractivity contribution in [3.8, 4) is 22.8 Å². The van der Waals surface area contributed by atoms with Crippen LogP contribution >= 0.6 is 0 Å². The van der Waals surface area contributed by atoms with E-state index in [-0.39, 0.29) is 0 Å². The molecule has 0 atom stereocenters. The number of aryl methyl sites for hydroxylation is 1. The summed E-state index contributed by atoms with van der Waals surface area (Å²) in [6.07, 6.45) is 10.1. The Bertz CT molecular complexity index is 860. The van der Waals surface area contributed by atoms with Crippen molar-refractivity contribution in [3.05, 3.63) is 42.2 Å². The number of nitrogens with zero attached hydrogens (tertiary/aromatic N) is 4. The average molecular weight is 337 g/mol. The molecule has 2 heterocycles. The predicted molar refractivity (Wildman–Crippen MR) is 96.1 cm³/mol. The van der Waals surface area contributed by atoms with E-state index in [4.69, 9.17) is 9.72 Å². The first-order valence-electron chi connectivity index (χ1n) is 8.86. The number of methoxy groups -OCH3 is 1. The minimum atomic E-state index is 0.519. The maximum absolute atomic E-state index is 5.58. The quantitative estimate of drug-likeness (QED) is 0.780. The number of hydrogen-bond acceptors (Lipinski definition) is 4. The predicted octanol–water partition coefficient (Wildman–Crippen LogP) is 4.02. The monoisotopic (exact) mass is 337 g/mol. The van der Waals surface area contributed by atoms with E-state index >= 15 is 0 Å². The molecule has 1 fully saturated rings. The van der Waals surface area contributed by atoms with Gasteiger partial charge in [0.25, 0.3) is 0 Å². The van der Waals surface area contributed by atoms with Crippen LogP contribution in [0.2, 0.25) is 0 Å². The lowest BCUT2D eigenvalue weighted by Gasteiger charge is -2.18. The fourth-order valence-corrected chi connectivity index (χ4v) is 3.55. The molecule has 6 heteroatoms. The summed E-state index contributed by atoms with van der Waals surface area (Å²) in [5.74, 6) is 3.04. The van der Waals surface area contributed by atoms with Crippen LogP contribution in [-0.2, 0) is 0 Å². The fraction of sp³-hybridized carbons (Fsp3) is 0.421. The third kappa shape index (κ3) is 3.16. The number of ether oxygens (including phenoxy) is 1. The minimum absolute atomic E-state index is 0.519. The van der Waals surface area contributed by atoms with Crippen LogP contribution in [0, 0.1) is 6.92 Å². The summed E-state index contributed by atoms with van der Waals surface area (Å²) in [5, 5.41) is 7.58. The first kappa shape index (κ1) is 15.9. The van der Waals surface area contributed by atoms with Crippen molar-refractivity contribution in [2.24, 2.45) is 0 Å². The molecule has 1 saturated carbocycles. The third-order valence-electron chi connectivity index (χ3n) is 4.92. The van der Waals surface area contributed by atoms with Crippen LogP contribution in [0.1, 0.15) is 49.5 Å². The Morgan fingerprint density at radius 2 is 2.04 bits per heavy atom. The highest BCUT2D eigenvalue weighted by molar-refractivity contribution is 5.63. The van der Waals surface area contributed by atoms with E-state index in [1.165, 1.54) is 32.1 Å². The van der Waals surface area contributed by atoms with E-state index in [1.807, 2.05) is 35.9 Å². The first-order valence-corrected chi connectivity index (χ1v) is 8.86. The summed E-state index contributed by atoms with van der Waals surface area (Å²) in [6, 6.07) is 6.03. The van der Waals surface area contributed by atoms with Crippen LogP contribution in [0.4, 0.5) is 0 Å². The second-order valence-corrected chi connectivity index (χ2v) is 6.69. The molecule has 0 spiro atoms. The van der Waals surface area contributed by atoms with Crippen molar-refractivity contribution in [1.82, 2.24) is 24.7 Å². The zero-order valence-electron chi connectivity index (χ0n) is 14.7. The van der Waals surface area contributed by atoms with Gasteiger partial charge in [-0.15, -0.1) is 0 Å². The van der Waals surface area contributed by atoms with E-state index in [0.717, 1.165) is 34.3 Å². The number of nitrogens with one attached hydrogen (secondary N) is 1. The van der Waals surface area contributed by atoms with Gasteiger partial charge in [0.2, 0.25) is 0 Å². The van der Waals surface area contributed by atoms with E-state index in [1.54, 1.807) is 13.4 Å². The minimum Gasteiger partial charge on any atom is -0.495 e. The van der Waals surface area contributed by atoms with Crippen LogP contribution in [0.5, 0.6) is 5.75 Å². The summed E-state index contributed by atoms with van der Waals surface area (Å²) in [6.45, 7) is 1.97. The molecule has 25 heavy (non-hydrogen) atoms. The maximum atomic E-state index is 5.58. The molecular formula is C19H23N5O. The Morgan fingerprint density at radius 3 is 2.76 bits per heavy atom. The molecule has 0 aliphatic heterocycles. The Morgan fingerprint density at radius 1 is 1.20 bits per heavy atom. The summed E-state index contributed by atoms with van der Waals surface area (Å²) < 4.78 is 7.54. The largest absolute Gasteiger partial charge is 0.495 e. The van der Waals surface area contributed by atoms with Gasteiger partial charge in [-0.3, -0.25) is 5.10 Å². The molecule has 0 bridgehead atoms. The number of aromatic nitrogens is 5. The zero-order valence-corrected chi connectivity index (χ0v) is 14.7. The molecular weight excluding hydrogens is 314 g/mol. The molecule has 3 aromatic rings. The van der Waals surface area contributed by atoms with Crippen LogP contribution in [0.25, 0.3) is 17.1 Å². The number of benzene rings is 1. The molecule has 0 unspecified atom stereocenters. The highest BCUT2D eigenvalue weighted by atomic mass is 16.5. The van der Waals surface area contributed by atoms with Gasteiger partial charge in [-0.1, -0.05) is 19.3 Å². The number of H-pyrrole nitrogens is 1. The molecule has 1 aromatic carbocycles. The lowest BCUT2D eigenvalue weighted by Crippen LogP contribution is -2.06. The fourth-order valence-electron chi connectivity index (χ4n) is 3.55. The van der Waals surface area contributed by atoms with Crippen molar-refractivity contribution in [1.29, 1.82) is 0 Å². The van der Waals surface area contributed by atoms with Gasteiger partial charge >= 0.3 is 0 Å². The van der Waals surface area contributed by atoms with Crippen LogP contribution < -0.4 is 4.74 Å². The number of imidazole rings is 1. The van der Waals surface area contributed by atoms with Crippen LogP contribution in [0.3, 0.4) is 0 Å². The summed E-state index contributed by atoms with van der Waals surface area (Å²) in [4.78, 5) is 9.03. The number of aromatic amines is 1. The molecule has 1 aliphatic rings. The smallest absolute Gasteiger partial charge is 0.181 e. The molecule has 130 valence electrons. The van der Waals surface area contributed by atoms with Gasteiger partial charge in [-0.2, -0.15) is 5.10 Å². The van der Waals surface area contributed by atoms with Crippen molar-refractivity contribution in [2.45, 2.75) is 44.9 Å². The Kier molecular flexibility index (Phi) is 4.26. The van der Waals surface area contributed by atoms with Gasteiger partial charge in [0, 0.05) is 17.7 Å². The van der Waals surface area contributed by atoms with Gasteiger partial charge in [-0.25, -0.2) is 9.97 Å². The standard InChI is InChI=1S/C19H23N5O/c1-13-11-24(12-20-13)16-9-8-15(10-17(16)25-2)19-21-18(22-23-19)14-6-4-3-5-7-14/h8-12,14H,3-7H2,1-2H3,(H,21,22,23). The van der Waals surface area contributed by atoms with Crippen molar-refractivity contribution in [3.63, 3.8) is 0 Å². The highest BCUT2D eigenvalue weighted by Crippen LogP contribution is 2.32. The van der Waals surface area contributed by atoms with Gasteiger partial charge in [0.05, 0.1) is 24.8 Å². The Labute approximate surface area is 147 Å². The normalized spacial score (nSPS) is 15.4. The van der Waals surface area contributed by atoms with E-state index in [0.29, 0.717) is 5.92 Å². The van der Waals surface area contributed by atoms with Crippen molar-refractivity contribution >= 4 is 0 Å². The molecule has 6 nitrogen and oxygen atoms in total. The number of hydrogen-bond donors (Lipinski definition) is 1. The van der Waals surface area contributed by atoms with Crippen LogP contribution in [-0.4, -0.2) is 31.8 Å². The van der Waals surface area contributed by atoms with Crippen molar-refractivity contribution in [2.75, 3.05) is 7.11 Å². The second-order valence-electron chi connectivity index (χ2n) is 6.69. The second kappa shape index (κ2) is 6.70. The Balaban J connectivity index is 1.63. The summed E-state index contributed by atoms with van der Waals surface area (Å²) in [7, 11) is 1.68. The van der Waals surface area contributed by atoms with Gasteiger partial charge in [-0.05, 0) is 38.0 Å². The van der Waals surface area contributed by atoms with Gasteiger partial charge in [0.15, 0.2) is 5.82 Å². The van der Waals surface area contributed by atoms with Crippen LogP contribution in [0.15, 0.2) is 30.7 Å². The molecule has 0 saturated heterocycles. The molecule has 0 radical (unpaired) electrons. The number of rotatable bonds is 4. The molecule has 4 rings (SSSR count). The Hall–Kier alpha value is -2.63. The highest BCUT2D eigenvalue weighted by Gasteiger charge is 2.20. The third-order valence-corrected chi connectivity index (χ3v) is 4.92. The summed E-state index contributed by atoms with van der Waals surface area (Å²) >= 11 is 0. The molecule has 2 aromatic heterocycles. The average Bonchev–Trinajstić information content (AvgIpc) is 3.31. The zero-order chi connectivity index (χ0) is 17.2. The topological polar surface area (TPSA) is 68.6 Å². The molecule has 0 amide bonds. The summed E-state index contributed by atoms with van der Waals surface area (Å²) in [5.41, 5.74) is 2.88. The van der Waals surface area contributed by atoms with Gasteiger partial charge in [0.1, 0.15) is 11.6 Å². The van der Waals surface area contributed by atoms with Crippen molar-refractivity contribution < 1.29 is 4.74 Å².